The number of anilines is 1. The van der Waals surface area contributed by atoms with E-state index in [2.05, 4.69) is 45.9 Å². The van der Waals surface area contributed by atoms with Crippen molar-refractivity contribution < 1.29 is 4.42 Å². The van der Waals surface area contributed by atoms with Gasteiger partial charge >= 0.3 is 0 Å². The van der Waals surface area contributed by atoms with Crippen LogP contribution in [0.3, 0.4) is 0 Å². The van der Waals surface area contributed by atoms with E-state index in [1.165, 1.54) is 12.1 Å². The smallest absolute Gasteiger partial charge is 0.151 e. The van der Waals surface area contributed by atoms with Crippen molar-refractivity contribution in [3.8, 4) is 0 Å². The molecule has 5 nitrogen and oxygen atoms in total. The molecule has 2 aromatic rings. The summed E-state index contributed by atoms with van der Waals surface area (Å²) < 4.78 is 5.68. The van der Waals surface area contributed by atoms with E-state index < -0.39 is 0 Å². The standard InChI is InChI=1S/C16H20N4O/c1-19-7-8-20(14-9-13-4-5-15(14)21-13)16(11-19)18-10-12-3-2-6-17-12/h4-5,9-11,17-18H,2-3,6-8H2,1H3/b12-10-. The van der Waals surface area contributed by atoms with Crippen molar-refractivity contribution in [1.29, 1.82) is 0 Å². The molecular formula is C16H20N4O. The van der Waals surface area contributed by atoms with Crippen molar-refractivity contribution in [3.05, 3.63) is 42.1 Å². The van der Waals surface area contributed by atoms with Gasteiger partial charge in [-0.2, -0.15) is 0 Å². The monoisotopic (exact) mass is 284 g/mol. The topological polar surface area (TPSA) is 43.7 Å². The first-order valence-electron chi connectivity index (χ1n) is 7.50. The molecule has 0 saturated carbocycles. The van der Waals surface area contributed by atoms with Crippen LogP contribution in [0.4, 0.5) is 5.69 Å². The molecule has 2 aromatic heterocycles. The van der Waals surface area contributed by atoms with Gasteiger partial charge in [0.25, 0.3) is 0 Å². The Kier molecular flexibility index (Phi) is 2.91. The number of likely N-dealkylation sites (N-methyl/N-ethyl adjacent to an activating group) is 1. The van der Waals surface area contributed by atoms with Gasteiger partial charge in [-0.25, -0.2) is 0 Å². The average molecular weight is 284 g/mol. The summed E-state index contributed by atoms with van der Waals surface area (Å²) >= 11 is 0. The highest BCUT2D eigenvalue weighted by Gasteiger charge is 2.21. The highest BCUT2D eigenvalue weighted by molar-refractivity contribution is 5.81. The number of hydrogen-bond acceptors (Lipinski definition) is 5. The van der Waals surface area contributed by atoms with Crippen LogP contribution in [0, 0.1) is 0 Å². The third kappa shape index (κ3) is 2.28. The molecule has 0 radical (unpaired) electrons. The first-order valence-corrected chi connectivity index (χ1v) is 7.50. The fourth-order valence-corrected chi connectivity index (χ4v) is 2.97. The molecule has 2 aliphatic rings. The van der Waals surface area contributed by atoms with Crippen molar-refractivity contribution in [3.63, 3.8) is 0 Å². The van der Waals surface area contributed by atoms with Gasteiger partial charge in [-0.05, 0) is 25.0 Å². The minimum Gasteiger partial charge on any atom is -0.455 e. The van der Waals surface area contributed by atoms with E-state index in [-0.39, 0.29) is 0 Å². The Morgan fingerprint density at radius 1 is 1.33 bits per heavy atom. The zero-order valence-electron chi connectivity index (χ0n) is 12.2. The first-order chi connectivity index (χ1) is 10.3. The van der Waals surface area contributed by atoms with Crippen LogP contribution in [0.1, 0.15) is 12.8 Å². The maximum atomic E-state index is 5.68. The fourth-order valence-electron chi connectivity index (χ4n) is 2.97. The number of furan rings is 2. The number of allylic oxidation sites excluding steroid dienone is 1. The normalized spacial score (nSPS) is 21.2. The predicted molar refractivity (Wildman–Crippen MR) is 83.9 cm³/mol. The molecule has 2 bridgehead atoms. The summed E-state index contributed by atoms with van der Waals surface area (Å²) in [7, 11) is 2.10. The Bertz CT molecular complexity index is 679. The average Bonchev–Trinajstić information content (AvgIpc) is 3.22. The molecule has 0 aliphatic carbocycles. The Morgan fingerprint density at radius 2 is 2.29 bits per heavy atom. The lowest BCUT2D eigenvalue weighted by Gasteiger charge is -2.34. The summed E-state index contributed by atoms with van der Waals surface area (Å²) in [5, 5.41) is 6.86. The second-order valence-corrected chi connectivity index (χ2v) is 5.72. The predicted octanol–water partition coefficient (Wildman–Crippen LogP) is 2.24. The van der Waals surface area contributed by atoms with Gasteiger partial charge < -0.3 is 24.9 Å². The summed E-state index contributed by atoms with van der Waals surface area (Å²) in [6.07, 6.45) is 6.58. The number of benzene rings is 1. The molecular weight excluding hydrogens is 264 g/mol. The molecule has 21 heavy (non-hydrogen) atoms. The molecule has 2 N–H and O–H groups in total. The zero-order valence-corrected chi connectivity index (χ0v) is 12.2. The van der Waals surface area contributed by atoms with Crippen molar-refractivity contribution >= 4 is 16.9 Å². The maximum Gasteiger partial charge on any atom is 0.151 e. The summed E-state index contributed by atoms with van der Waals surface area (Å²) in [5.74, 6) is 1.09. The molecule has 5 heteroatoms. The van der Waals surface area contributed by atoms with Gasteiger partial charge in [-0.3, -0.25) is 0 Å². The van der Waals surface area contributed by atoms with Gasteiger partial charge in [0.05, 0.1) is 5.69 Å². The van der Waals surface area contributed by atoms with E-state index in [4.69, 9.17) is 4.42 Å². The van der Waals surface area contributed by atoms with Gasteiger partial charge in [0.2, 0.25) is 0 Å². The van der Waals surface area contributed by atoms with Gasteiger partial charge in [0.15, 0.2) is 5.58 Å². The van der Waals surface area contributed by atoms with E-state index in [9.17, 15) is 0 Å². The minimum atomic E-state index is 0.939. The SMILES string of the molecule is CN1C=C(N/C=C2/CCCN2)N(c2cc3ccc2o3)CC1. The fraction of sp³-hybridized carbons (Fsp3) is 0.375. The van der Waals surface area contributed by atoms with Crippen LogP contribution in [0.15, 0.2) is 46.5 Å². The summed E-state index contributed by atoms with van der Waals surface area (Å²) in [5.41, 5.74) is 4.32. The number of rotatable bonds is 3. The molecule has 4 heterocycles. The van der Waals surface area contributed by atoms with Crippen LogP contribution in [0.25, 0.3) is 11.2 Å². The summed E-state index contributed by atoms with van der Waals surface area (Å²) in [4.78, 5) is 4.50. The first kappa shape index (κ1) is 12.4. The minimum absolute atomic E-state index is 0.939. The Labute approximate surface area is 124 Å². The van der Waals surface area contributed by atoms with Crippen LogP contribution >= 0.6 is 0 Å². The van der Waals surface area contributed by atoms with E-state index in [0.717, 1.165) is 48.7 Å². The van der Waals surface area contributed by atoms with Crippen LogP contribution in [-0.2, 0) is 0 Å². The van der Waals surface area contributed by atoms with Gasteiger partial charge in [-0.15, -0.1) is 0 Å². The molecule has 0 atom stereocenters. The van der Waals surface area contributed by atoms with Gasteiger partial charge in [-0.1, -0.05) is 0 Å². The van der Waals surface area contributed by atoms with Crippen molar-refractivity contribution in [2.75, 3.05) is 31.6 Å². The second kappa shape index (κ2) is 4.91. The van der Waals surface area contributed by atoms with Gasteiger partial charge in [0.1, 0.15) is 11.4 Å². The number of nitrogens with zero attached hydrogens (tertiary/aromatic N) is 2. The quantitative estimate of drug-likeness (QED) is 0.905. The number of fused-ring (bicyclic) bond motifs is 2. The molecule has 0 aromatic carbocycles. The van der Waals surface area contributed by atoms with E-state index in [1.54, 1.807) is 0 Å². The third-order valence-electron chi connectivity index (χ3n) is 4.13. The third-order valence-corrected chi connectivity index (χ3v) is 4.13. The lowest BCUT2D eigenvalue weighted by Crippen LogP contribution is -2.40. The summed E-state index contributed by atoms with van der Waals surface area (Å²) in [6.45, 7) is 3.03. The summed E-state index contributed by atoms with van der Waals surface area (Å²) in [6, 6.07) is 6.16. The maximum absolute atomic E-state index is 5.68. The Morgan fingerprint density at radius 3 is 3.00 bits per heavy atom. The van der Waals surface area contributed by atoms with Crippen molar-refractivity contribution in [2.24, 2.45) is 0 Å². The molecule has 0 amide bonds. The van der Waals surface area contributed by atoms with Crippen LogP contribution < -0.4 is 15.5 Å². The largest absolute Gasteiger partial charge is 0.455 e. The van der Waals surface area contributed by atoms with Gasteiger partial charge in [0, 0.05) is 50.8 Å². The van der Waals surface area contributed by atoms with Crippen LogP contribution in [0.2, 0.25) is 0 Å². The highest BCUT2D eigenvalue weighted by atomic mass is 16.3. The molecule has 110 valence electrons. The van der Waals surface area contributed by atoms with Crippen molar-refractivity contribution in [2.45, 2.75) is 12.8 Å². The lowest BCUT2D eigenvalue weighted by molar-refractivity contribution is 0.431. The van der Waals surface area contributed by atoms with Crippen LogP contribution in [0.5, 0.6) is 0 Å². The number of hydrogen-bond donors (Lipinski definition) is 2. The Hall–Kier alpha value is -2.30. The molecule has 1 saturated heterocycles. The highest BCUT2D eigenvalue weighted by Crippen LogP contribution is 2.32. The van der Waals surface area contributed by atoms with Crippen LogP contribution in [-0.4, -0.2) is 31.6 Å². The molecule has 2 aliphatic heterocycles. The molecule has 0 spiro atoms. The van der Waals surface area contributed by atoms with Crippen molar-refractivity contribution in [1.82, 2.24) is 15.5 Å². The molecule has 4 rings (SSSR count). The molecule has 0 unspecified atom stereocenters. The zero-order chi connectivity index (χ0) is 14.2. The molecule has 1 fully saturated rings. The number of nitrogens with one attached hydrogen (secondary N) is 2. The van der Waals surface area contributed by atoms with E-state index >= 15 is 0 Å². The van der Waals surface area contributed by atoms with E-state index in [0.29, 0.717) is 0 Å². The lowest BCUT2D eigenvalue weighted by atomic mass is 10.2. The Balaban J connectivity index is 1.60. The second-order valence-electron chi connectivity index (χ2n) is 5.72. The van der Waals surface area contributed by atoms with E-state index in [1.807, 2.05) is 12.1 Å².